The first-order chi connectivity index (χ1) is 14.6. The van der Waals surface area contributed by atoms with E-state index in [1.54, 1.807) is 11.3 Å². The molecule has 150 valence electrons. The smallest absolute Gasteiger partial charge is 0.321 e. The first-order valence-corrected chi connectivity index (χ1v) is 10.3. The standard InChI is InChI=1S/C23H20N4O2S/c1-24-23(29)27-21(28)20(15-7-3-2-4-8-15)25-17-13-11-16(12-14-17)22-26-18-9-5-6-10-19(18)30-22/h2-14,20,25H,1H3,(H2,24,27,28,29)/t20-/m0/s1. The van der Waals surface area contributed by atoms with E-state index in [1.165, 1.54) is 7.05 Å². The zero-order valence-corrected chi connectivity index (χ0v) is 17.1. The summed E-state index contributed by atoms with van der Waals surface area (Å²) in [5.41, 5.74) is 3.51. The minimum absolute atomic E-state index is 0.434. The van der Waals surface area contributed by atoms with Crippen LogP contribution in [0.25, 0.3) is 20.8 Å². The van der Waals surface area contributed by atoms with Gasteiger partial charge in [-0.15, -0.1) is 11.3 Å². The molecule has 3 amide bonds. The van der Waals surface area contributed by atoms with Crippen LogP contribution < -0.4 is 16.0 Å². The summed E-state index contributed by atoms with van der Waals surface area (Å²) in [6.45, 7) is 0. The van der Waals surface area contributed by atoms with Crippen molar-refractivity contribution in [2.24, 2.45) is 0 Å². The molecule has 4 rings (SSSR count). The number of carbonyl (C=O) groups excluding carboxylic acids is 2. The van der Waals surface area contributed by atoms with Crippen molar-refractivity contribution >= 4 is 39.2 Å². The van der Waals surface area contributed by atoms with Crippen LogP contribution in [0.5, 0.6) is 0 Å². The van der Waals surface area contributed by atoms with Gasteiger partial charge in [-0.2, -0.15) is 0 Å². The first-order valence-electron chi connectivity index (χ1n) is 9.44. The molecule has 0 aliphatic rings. The summed E-state index contributed by atoms with van der Waals surface area (Å²) in [6.07, 6.45) is 0. The van der Waals surface area contributed by atoms with Crippen LogP contribution in [0.4, 0.5) is 10.5 Å². The molecular formula is C23H20N4O2S. The van der Waals surface area contributed by atoms with Crippen molar-refractivity contribution in [3.05, 3.63) is 84.4 Å². The van der Waals surface area contributed by atoms with Crippen molar-refractivity contribution in [2.45, 2.75) is 6.04 Å². The van der Waals surface area contributed by atoms with E-state index in [1.807, 2.05) is 72.8 Å². The Morgan fingerprint density at radius 1 is 0.900 bits per heavy atom. The normalized spacial score (nSPS) is 11.6. The van der Waals surface area contributed by atoms with Gasteiger partial charge in [0.25, 0.3) is 5.91 Å². The molecule has 1 atom stereocenters. The number of fused-ring (bicyclic) bond motifs is 1. The average molecular weight is 417 g/mol. The van der Waals surface area contributed by atoms with Crippen molar-refractivity contribution in [2.75, 3.05) is 12.4 Å². The number of carbonyl (C=O) groups is 2. The third kappa shape index (κ3) is 4.31. The Morgan fingerprint density at radius 2 is 1.60 bits per heavy atom. The van der Waals surface area contributed by atoms with Crippen molar-refractivity contribution < 1.29 is 9.59 Å². The zero-order valence-electron chi connectivity index (χ0n) is 16.3. The van der Waals surface area contributed by atoms with Gasteiger partial charge in [0, 0.05) is 18.3 Å². The highest BCUT2D eigenvalue weighted by atomic mass is 32.1. The number of aromatic nitrogens is 1. The molecule has 4 aromatic rings. The second-order valence-electron chi connectivity index (χ2n) is 6.62. The van der Waals surface area contributed by atoms with Crippen LogP contribution in [-0.2, 0) is 4.79 Å². The van der Waals surface area contributed by atoms with Crippen LogP contribution in [-0.4, -0.2) is 24.0 Å². The summed E-state index contributed by atoms with van der Waals surface area (Å²) in [6, 6.07) is 23.8. The third-order valence-electron chi connectivity index (χ3n) is 4.60. The number of imide groups is 1. The molecule has 0 radical (unpaired) electrons. The maximum absolute atomic E-state index is 12.7. The monoisotopic (exact) mass is 416 g/mol. The number of urea groups is 1. The molecule has 0 fully saturated rings. The molecular weight excluding hydrogens is 396 g/mol. The van der Waals surface area contributed by atoms with Gasteiger partial charge in [-0.1, -0.05) is 42.5 Å². The van der Waals surface area contributed by atoms with Crippen LogP contribution in [0, 0.1) is 0 Å². The molecule has 0 saturated heterocycles. The van der Waals surface area contributed by atoms with Gasteiger partial charge in [0.15, 0.2) is 0 Å². The molecule has 30 heavy (non-hydrogen) atoms. The van der Waals surface area contributed by atoms with Gasteiger partial charge in [-0.05, 0) is 42.0 Å². The summed E-state index contributed by atoms with van der Waals surface area (Å²) in [5.74, 6) is -0.434. The van der Waals surface area contributed by atoms with E-state index < -0.39 is 18.0 Å². The number of benzene rings is 3. The Morgan fingerprint density at radius 3 is 2.30 bits per heavy atom. The Bertz CT molecular complexity index is 1140. The van der Waals surface area contributed by atoms with E-state index in [0.717, 1.165) is 32.0 Å². The maximum atomic E-state index is 12.7. The van der Waals surface area contributed by atoms with Gasteiger partial charge < -0.3 is 10.6 Å². The minimum atomic E-state index is -0.711. The summed E-state index contributed by atoms with van der Waals surface area (Å²) in [7, 11) is 1.47. The number of thiazole rings is 1. The quantitative estimate of drug-likeness (QED) is 0.445. The number of amides is 3. The van der Waals surface area contributed by atoms with Crippen LogP contribution in [0.15, 0.2) is 78.9 Å². The zero-order chi connectivity index (χ0) is 20.9. The van der Waals surface area contributed by atoms with Gasteiger partial charge in [-0.3, -0.25) is 10.1 Å². The third-order valence-corrected chi connectivity index (χ3v) is 5.68. The van der Waals surface area contributed by atoms with Crippen molar-refractivity contribution in [1.29, 1.82) is 0 Å². The first kappa shape index (κ1) is 19.6. The highest BCUT2D eigenvalue weighted by Gasteiger charge is 2.22. The van der Waals surface area contributed by atoms with E-state index in [9.17, 15) is 9.59 Å². The molecule has 0 spiro atoms. The lowest BCUT2D eigenvalue weighted by Crippen LogP contribution is -2.42. The van der Waals surface area contributed by atoms with Crippen molar-refractivity contribution in [3.63, 3.8) is 0 Å². The number of hydrogen-bond acceptors (Lipinski definition) is 5. The molecule has 0 bridgehead atoms. The van der Waals surface area contributed by atoms with E-state index >= 15 is 0 Å². The molecule has 0 aliphatic carbocycles. The molecule has 0 aliphatic heterocycles. The van der Waals surface area contributed by atoms with E-state index in [4.69, 9.17) is 0 Å². The van der Waals surface area contributed by atoms with Gasteiger partial charge in [0.05, 0.1) is 10.2 Å². The Hall–Kier alpha value is -3.71. The number of anilines is 1. The average Bonchev–Trinajstić information content (AvgIpc) is 3.22. The molecule has 3 aromatic carbocycles. The van der Waals surface area contributed by atoms with Gasteiger partial charge >= 0.3 is 6.03 Å². The van der Waals surface area contributed by atoms with Gasteiger partial charge in [-0.25, -0.2) is 9.78 Å². The molecule has 3 N–H and O–H groups in total. The second kappa shape index (κ2) is 8.75. The highest BCUT2D eigenvalue weighted by Crippen LogP contribution is 2.31. The van der Waals surface area contributed by atoms with E-state index in [-0.39, 0.29) is 0 Å². The van der Waals surface area contributed by atoms with E-state index in [2.05, 4.69) is 27.0 Å². The fraction of sp³-hybridized carbons (Fsp3) is 0.0870. The number of hydrogen-bond donors (Lipinski definition) is 3. The summed E-state index contributed by atoms with van der Waals surface area (Å²) in [4.78, 5) is 29.0. The number of nitrogens with one attached hydrogen (secondary N) is 3. The minimum Gasteiger partial charge on any atom is -0.370 e. The maximum Gasteiger partial charge on any atom is 0.321 e. The Labute approximate surface area is 178 Å². The molecule has 1 aromatic heterocycles. The molecule has 7 heteroatoms. The number of nitrogens with zero attached hydrogens (tertiary/aromatic N) is 1. The highest BCUT2D eigenvalue weighted by molar-refractivity contribution is 7.21. The number of para-hydroxylation sites is 1. The Balaban J connectivity index is 1.57. The van der Waals surface area contributed by atoms with Gasteiger partial charge in [0.2, 0.25) is 0 Å². The second-order valence-corrected chi connectivity index (χ2v) is 7.65. The summed E-state index contributed by atoms with van der Waals surface area (Å²) < 4.78 is 1.14. The lowest BCUT2D eigenvalue weighted by atomic mass is 10.1. The fourth-order valence-corrected chi connectivity index (χ4v) is 4.03. The lowest BCUT2D eigenvalue weighted by molar-refractivity contribution is -0.120. The van der Waals surface area contributed by atoms with Gasteiger partial charge in [0.1, 0.15) is 11.0 Å². The fourth-order valence-electron chi connectivity index (χ4n) is 3.06. The predicted molar refractivity (Wildman–Crippen MR) is 120 cm³/mol. The molecule has 0 saturated carbocycles. The predicted octanol–water partition coefficient (Wildman–Crippen LogP) is 4.57. The molecule has 1 heterocycles. The topological polar surface area (TPSA) is 83.1 Å². The summed E-state index contributed by atoms with van der Waals surface area (Å²) in [5, 5.41) is 8.90. The molecule has 0 unspecified atom stereocenters. The Kier molecular flexibility index (Phi) is 5.72. The van der Waals surface area contributed by atoms with Crippen LogP contribution >= 0.6 is 11.3 Å². The lowest BCUT2D eigenvalue weighted by Gasteiger charge is -2.19. The SMILES string of the molecule is CNC(=O)NC(=O)[C@@H](Nc1ccc(-c2nc3ccccc3s2)cc1)c1ccccc1. The van der Waals surface area contributed by atoms with Crippen molar-refractivity contribution in [1.82, 2.24) is 15.6 Å². The molecule has 6 nitrogen and oxygen atoms in total. The largest absolute Gasteiger partial charge is 0.370 e. The van der Waals surface area contributed by atoms with Crippen LogP contribution in [0.3, 0.4) is 0 Å². The number of rotatable bonds is 5. The van der Waals surface area contributed by atoms with Crippen molar-refractivity contribution in [3.8, 4) is 10.6 Å². The summed E-state index contributed by atoms with van der Waals surface area (Å²) >= 11 is 1.64. The van der Waals surface area contributed by atoms with Crippen LogP contribution in [0.2, 0.25) is 0 Å². The van der Waals surface area contributed by atoms with Crippen LogP contribution in [0.1, 0.15) is 11.6 Å². The van der Waals surface area contributed by atoms with E-state index in [0.29, 0.717) is 0 Å².